The third-order valence-electron chi connectivity index (χ3n) is 2.65. The van der Waals surface area contributed by atoms with Gasteiger partial charge >= 0.3 is 5.97 Å². The van der Waals surface area contributed by atoms with Crippen molar-refractivity contribution in [2.75, 3.05) is 0 Å². The summed E-state index contributed by atoms with van der Waals surface area (Å²) in [6.45, 7) is 2.00. The molecule has 17 heavy (non-hydrogen) atoms. The smallest absolute Gasteiger partial charge is 0.303 e. The first-order chi connectivity index (χ1) is 8.22. The number of nitrogens with one attached hydrogen (secondary N) is 1. The minimum Gasteiger partial charge on any atom is -0.481 e. The van der Waals surface area contributed by atoms with Gasteiger partial charge in [0.1, 0.15) is 5.69 Å². The van der Waals surface area contributed by atoms with E-state index in [1.807, 2.05) is 13.0 Å². The monoisotopic (exact) mass is 234 g/mol. The highest BCUT2D eigenvalue weighted by Gasteiger charge is 2.16. The molecule has 0 unspecified atom stereocenters. The van der Waals surface area contributed by atoms with Crippen LogP contribution in [0.4, 0.5) is 0 Å². The number of hydrogen-bond donors (Lipinski definition) is 2. The number of aryl methyl sites for hydroxylation is 1. The number of aromatic nitrogens is 2. The molecule has 0 amide bonds. The molecule has 0 atom stereocenters. The number of hydrogen-bond acceptors (Lipinski definition) is 3. The van der Waals surface area contributed by atoms with Crippen molar-refractivity contribution in [3.05, 3.63) is 29.7 Å². The molecule has 0 spiro atoms. The zero-order valence-electron chi connectivity index (χ0n) is 9.56. The number of rotatable bonds is 5. The van der Waals surface area contributed by atoms with Crippen LogP contribution in [-0.2, 0) is 17.6 Å². The Morgan fingerprint density at radius 1 is 1.59 bits per heavy atom. The molecule has 90 valence electrons. The van der Waals surface area contributed by atoms with Gasteiger partial charge in [-0.2, -0.15) is 5.10 Å². The third kappa shape index (κ3) is 2.38. The Labute approximate surface area is 98.5 Å². The highest BCUT2D eigenvalue weighted by atomic mass is 16.4. The van der Waals surface area contributed by atoms with Crippen LogP contribution < -0.4 is 0 Å². The second kappa shape index (κ2) is 4.86. The maximum atomic E-state index is 10.6. The summed E-state index contributed by atoms with van der Waals surface area (Å²) in [5.74, 6) is -0.139. The van der Waals surface area contributed by atoms with Crippen molar-refractivity contribution < 1.29 is 14.3 Å². The zero-order chi connectivity index (χ0) is 12.3. The Hall–Kier alpha value is -2.04. The lowest BCUT2D eigenvalue weighted by molar-refractivity contribution is -0.136. The number of carboxylic acids is 1. The van der Waals surface area contributed by atoms with Gasteiger partial charge in [0, 0.05) is 17.7 Å². The lowest BCUT2D eigenvalue weighted by atomic mass is 10.0. The van der Waals surface area contributed by atoms with Crippen molar-refractivity contribution in [1.29, 1.82) is 0 Å². The van der Waals surface area contributed by atoms with E-state index < -0.39 is 5.97 Å². The van der Waals surface area contributed by atoms with E-state index in [-0.39, 0.29) is 6.42 Å². The number of H-pyrrole nitrogens is 1. The van der Waals surface area contributed by atoms with Crippen LogP contribution in [0.2, 0.25) is 0 Å². The van der Waals surface area contributed by atoms with Crippen LogP contribution in [0.1, 0.15) is 24.6 Å². The zero-order valence-corrected chi connectivity index (χ0v) is 9.56. The predicted octanol–water partition coefficient (Wildman–Crippen LogP) is 2.25. The Balaban J connectivity index is 2.32. The molecule has 0 aromatic carbocycles. The van der Waals surface area contributed by atoms with Gasteiger partial charge in [0.05, 0.1) is 6.26 Å². The molecule has 5 heteroatoms. The van der Waals surface area contributed by atoms with E-state index in [0.717, 1.165) is 17.7 Å². The van der Waals surface area contributed by atoms with Gasteiger partial charge in [0.25, 0.3) is 0 Å². The summed E-state index contributed by atoms with van der Waals surface area (Å²) in [6, 6.07) is 3.61. The first kappa shape index (κ1) is 11.4. The minimum atomic E-state index is -0.807. The van der Waals surface area contributed by atoms with E-state index in [2.05, 4.69) is 10.2 Å². The largest absolute Gasteiger partial charge is 0.481 e. The van der Waals surface area contributed by atoms with E-state index in [9.17, 15) is 4.79 Å². The van der Waals surface area contributed by atoms with Crippen molar-refractivity contribution in [2.45, 2.75) is 26.2 Å². The van der Waals surface area contributed by atoms with E-state index in [0.29, 0.717) is 17.9 Å². The minimum absolute atomic E-state index is 0.0975. The molecular weight excluding hydrogens is 220 g/mol. The predicted molar refractivity (Wildman–Crippen MR) is 61.6 cm³/mol. The number of aliphatic carboxylic acids is 1. The van der Waals surface area contributed by atoms with E-state index >= 15 is 0 Å². The maximum absolute atomic E-state index is 10.6. The van der Waals surface area contributed by atoms with Crippen LogP contribution in [-0.4, -0.2) is 21.3 Å². The fraction of sp³-hybridized carbons (Fsp3) is 0.333. The van der Waals surface area contributed by atoms with Gasteiger partial charge in [0.2, 0.25) is 0 Å². The summed E-state index contributed by atoms with van der Waals surface area (Å²) in [6.07, 6.45) is 2.94. The summed E-state index contributed by atoms with van der Waals surface area (Å²) in [5.41, 5.74) is 2.62. The van der Waals surface area contributed by atoms with Gasteiger partial charge < -0.3 is 9.52 Å². The molecule has 5 nitrogen and oxygen atoms in total. The van der Waals surface area contributed by atoms with Crippen LogP contribution in [0.5, 0.6) is 0 Å². The second-order valence-electron chi connectivity index (χ2n) is 3.75. The number of nitrogens with zero attached hydrogens (tertiary/aromatic N) is 1. The molecule has 2 aromatic heterocycles. The lowest BCUT2D eigenvalue weighted by Gasteiger charge is -2.01. The SMILES string of the molecule is CCc1[nH]nc(-c2ccco2)c1CCC(=O)O. The van der Waals surface area contributed by atoms with E-state index in [4.69, 9.17) is 9.52 Å². The van der Waals surface area contributed by atoms with Crippen LogP contribution in [0.25, 0.3) is 11.5 Å². The van der Waals surface area contributed by atoms with Crippen molar-refractivity contribution in [1.82, 2.24) is 10.2 Å². The van der Waals surface area contributed by atoms with Crippen molar-refractivity contribution >= 4 is 5.97 Å². The topological polar surface area (TPSA) is 79.1 Å². The highest BCUT2D eigenvalue weighted by Crippen LogP contribution is 2.25. The summed E-state index contributed by atoms with van der Waals surface area (Å²) >= 11 is 0. The Morgan fingerprint density at radius 2 is 2.41 bits per heavy atom. The molecule has 0 aliphatic carbocycles. The van der Waals surface area contributed by atoms with Crippen LogP contribution in [0.15, 0.2) is 22.8 Å². The number of aromatic amines is 1. The van der Waals surface area contributed by atoms with Crippen molar-refractivity contribution in [3.63, 3.8) is 0 Å². The fourth-order valence-corrected chi connectivity index (χ4v) is 1.81. The van der Waals surface area contributed by atoms with Crippen molar-refractivity contribution in [3.8, 4) is 11.5 Å². The molecule has 2 heterocycles. The first-order valence-corrected chi connectivity index (χ1v) is 5.54. The molecular formula is C12H14N2O3. The van der Waals surface area contributed by atoms with E-state index in [1.165, 1.54) is 0 Å². The molecule has 2 aromatic rings. The van der Waals surface area contributed by atoms with Gasteiger partial charge in [-0.25, -0.2) is 0 Å². The maximum Gasteiger partial charge on any atom is 0.303 e. The Morgan fingerprint density at radius 3 is 3.00 bits per heavy atom. The summed E-state index contributed by atoms with van der Waals surface area (Å²) in [5, 5.41) is 15.9. The van der Waals surface area contributed by atoms with Gasteiger partial charge in [-0.1, -0.05) is 6.92 Å². The standard InChI is InChI=1S/C12H14N2O3/c1-2-9-8(5-6-11(15)16)12(14-13-9)10-4-3-7-17-10/h3-4,7H,2,5-6H2,1H3,(H,13,14)(H,15,16). The molecule has 2 rings (SSSR count). The molecule has 0 fully saturated rings. The second-order valence-corrected chi connectivity index (χ2v) is 3.75. The summed E-state index contributed by atoms with van der Waals surface area (Å²) < 4.78 is 5.29. The van der Waals surface area contributed by atoms with Gasteiger partial charge in [-0.3, -0.25) is 9.89 Å². The Kier molecular flexibility index (Phi) is 3.27. The summed E-state index contributed by atoms with van der Waals surface area (Å²) in [4.78, 5) is 10.6. The number of furan rings is 1. The highest BCUT2D eigenvalue weighted by molar-refractivity contribution is 5.68. The molecule has 0 bridgehead atoms. The molecule has 0 saturated heterocycles. The molecule has 0 radical (unpaired) electrons. The number of carboxylic acid groups (broad SMARTS) is 1. The van der Waals surface area contributed by atoms with Crippen LogP contribution in [0.3, 0.4) is 0 Å². The average molecular weight is 234 g/mol. The average Bonchev–Trinajstić information content (AvgIpc) is 2.94. The molecule has 0 aliphatic rings. The lowest BCUT2D eigenvalue weighted by Crippen LogP contribution is -2.00. The third-order valence-corrected chi connectivity index (χ3v) is 2.65. The van der Waals surface area contributed by atoms with Gasteiger partial charge in [-0.15, -0.1) is 0 Å². The summed E-state index contributed by atoms with van der Waals surface area (Å²) in [7, 11) is 0. The number of carbonyl (C=O) groups is 1. The van der Waals surface area contributed by atoms with Crippen LogP contribution in [0, 0.1) is 0 Å². The van der Waals surface area contributed by atoms with Crippen molar-refractivity contribution in [2.24, 2.45) is 0 Å². The van der Waals surface area contributed by atoms with Crippen LogP contribution >= 0.6 is 0 Å². The van der Waals surface area contributed by atoms with Gasteiger partial charge in [-0.05, 0) is 25.0 Å². The normalized spacial score (nSPS) is 10.6. The van der Waals surface area contributed by atoms with Gasteiger partial charge in [0.15, 0.2) is 5.76 Å². The molecule has 2 N–H and O–H groups in total. The Bertz CT molecular complexity index is 500. The quantitative estimate of drug-likeness (QED) is 0.831. The molecule has 0 aliphatic heterocycles. The molecule has 0 saturated carbocycles. The van der Waals surface area contributed by atoms with E-state index in [1.54, 1.807) is 12.3 Å². The fourth-order valence-electron chi connectivity index (χ4n) is 1.81. The first-order valence-electron chi connectivity index (χ1n) is 5.54.